The van der Waals surface area contributed by atoms with Crippen molar-refractivity contribution in [2.75, 3.05) is 44.0 Å². The van der Waals surface area contributed by atoms with E-state index in [2.05, 4.69) is 10.6 Å². The van der Waals surface area contributed by atoms with Gasteiger partial charge in [0.05, 0.1) is 39.8 Å². The summed E-state index contributed by atoms with van der Waals surface area (Å²) in [5, 5.41) is 5.39. The van der Waals surface area contributed by atoms with Crippen molar-refractivity contribution in [3.05, 3.63) is 77.0 Å². The summed E-state index contributed by atoms with van der Waals surface area (Å²) < 4.78 is 21.0. The molecular weight excluding hydrogens is 514 g/mol. The van der Waals surface area contributed by atoms with Crippen LogP contribution in [-0.2, 0) is 9.59 Å². The quantitative estimate of drug-likeness (QED) is 0.386. The van der Waals surface area contributed by atoms with Crippen LogP contribution in [0, 0.1) is 0 Å². The van der Waals surface area contributed by atoms with Gasteiger partial charge in [0.25, 0.3) is 17.7 Å². The maximum Gasteiger partial charge on any atom is 0.283 e. The second-order valence-electron chi connectivity index (χ2n) is 7.90. The standard InChI is InChI=1S/C27H24ClN3O7/c1-35-17-9-11-19(21(13-17)37-3)30-25(32)15-5-7-16(8-6-15)29-24-23(28)26(33)31(27(24)34)20-12-10-18(36-2)14-22(20)38-4/h5-14,29H,1-4H3,(H,30,32). The number of nitrogens with one attached hydrogen (secondary N) is 2. The van der Waals surface area contributed by atoms with E-state index in [0.29, 0.717) is 34.2 Å². The van der Waals surface area contributed by atoms with E-state index in [1.165, 1.54) is 34.5 Å². The number of carbonyl (C=O) groups excluding carboxylic acids is 3. The number of carbonyl (C=O) groups is 3. The van der Waals surface area contributed by atoms with Crippen LogP contribution in [-0.4, -0.2) is 46.2 Å². The number of rotatable bonds is 9. The molecule has 3 amide bonds. The van der Waals surface area contributed by atoms with Crippen molar-refractivity contribution in [2.45, 2.75) is 0 Å². The molecule has 1 aliphatic rings. The molecule has 4 rings (SSSR count). The molecule has 38 heavy (non-hydrogen) atoms. The Kier molecular flexibility index (Phi) is 7.73. The fourth-order valence-electron chi connectivity index (χ4n) is 3.75. The summed E-state index contributed by atoms with van der Waals surface area (Å²) in [6, 6.07) is 16.0. The zero-order valence-electron chi connectivity index (χ0n) is 21.0. The Bertz CT molecular complexity index is 1440. The third-order valence-electron chi connectivity index (χ3n) is 5.73. The zero-order chi connectivity index (χ0) is 27.4. The van der Waals surface area contributed by atoms with Crippen LogP contribution < -0.4 is 34.5 Å². The molecule has 196 valence electrons. The summed E-state index contributed by atoms with van der Waals surface area (Å²) in [6.07, 6.45) is 0. The molecule has 3 aromatic rings. The molecule has 10 nitrogen and oxygen atoms in total. The van der Waals surface area contributed by atoms with Gasteiger partial charge in [0.2, 0.25) is 0 Å². The Morgan fingerprint density at radius 2 is 1.37 bits per heavy atom. The lowest BCUT2D eigenvalue weighted by Crippen LogP contribution is -2.32. The number of ether oxygens (including phenoxy) is 4. The number of nitrogens with zero attached hydrogens (tertiary/aromatic N) is 1. The van der Waals surface area contributed by atoms with Crippen LogP contribution in [0.4, 0.5) is 17.1 Å². The fraction of sp³-hybridized carbons (Fsp3) is 0.148. The van der Waals surface area contributed by atoms with Gasteiger partial charge in [-0.3, -0.25) is 14.4 Å². The Balaban J connectivity index is 1.50. The van der Waals surface area contributed by atoms with E-state index in [4.69, 9.17) is 30.5 Å². The predicted molar refractivity (Wildman–Crippen MR) is 142 cm³/mol. The topological polar surface area (TPSA) is 115 Å². The smallest absolute Gasteiger partial charge is 0.283 e. The normalized spacial score (nSPS) is 12.9. The highest BCUT2D eigenvalue weighted by atomic mass is 35.5. The minimum Gasteiger partial charge on any atom is -0.497 e. The number of amides is 3. The first-order chi connectivity index (χ1) is 18.3. The Labute approximate surface area is 223 Å². The van der Waals surface area contributed by atoms with E-state index in [0.717, 1.165) is 4.90 Å². The molecule has 0 aliphatic carbocycles. The van der Waals surface area contributed by atoms with Crippen LogP contribution in [0.5, 0.6) is 23.0 Å². The first kappa shape index (κ1) is 26.4. The summed E-state index contributed by atoms with van der Waals surface area (Å²) in [6.45, 7) is 0. The van der Waals surface area contributed by atoms with Crippen molar-refractivity contribution in [3.63, 3.8) is 0 Å². The molecule has 0 fully saturated rings. The number of hydrogen-bond acceptors (Lipinski definition) is 8. The van der Waals surface area contributed by atoms with Gasteiger partial charge in [0, 0.05) is 23.4 Å². The molecule has 0 radical (unpaired) electrons. The number of methoxy groups -OCH3 is 4. The maximum atomic E-state index is 13.2. The SMILES string of the molecule is COc1ccc(NC(=O)c2ccc(NC3=C(Cl)C(=O)N(c4ccc(OC)cc4OC)C3=O)cc2)c(OC)c1. The Hall–Kier alpha value is -4.70. The lowest BCUT2D eigenvalue weighted by Gasteiger charge is -2.18. The van der Waals surface area contributed by atoms with E-state index >= 15 is 0 Å². The molecule has 0 atom stereocenters. The summed E-state index contributed by atoms with van der Waals surface area (Å²) in [5.41, 5.74) is 1.39. The molecule has 0 bridgehead atoms. The van der Waals surface area contributed by atoms with Gasteiger partial charge in [-0.05, 0) is 48.5 Å². The Morgan fingerprint density at radius 1 is 0.763 bits per heavy atom. The largest absolute Gasteiger partial charge is 0.497 e. The average Bonchev–Trinajstić information content (AvgIpc) is 3.15. The van der Waals surface area contributed by atoms with Crippen LogP contribution in [0.3, 0.4) is 0 Å². The van der Waals surface area contributed by atoms with Crippen LogP contribution in [0.1, 0.15) is 10.4 Å². The average molecular weight is 538 g/mol. The molecular formula is C27H24ClN3O7. The highest BCUT2D eigenvalue weighted by Gasteiger charge is 2.40. The maximum absolute atomic E-state index is 13.2. The van der Waals surface area contributed by atoms with Crippen LogP contribution in [0.2, 0.25) is 0 Å². The van der Waals surface area contributed by atoms with Gasteiger partial charge in [-0.2, -0.15) is 0 Å². The minimum absolute atomic E-state index is 0.102. The van der Waals surface area contributed by atoms with Crippen LogP contribution in [0.25, 0.3) is 0 Å². The molecule has 0 saturated carbocycles. The number of halogens is 1. The molecule has 0 spiro atoms. The molecule has 2 N–H and O–H groups in total. The van der Waals surface area contributed by atoms with Gasteiger partial charge in [0.15, 0.2) is 0 Å². The first-order valence-electron chi connectivity index (χ1n) is 11.2. The van der Waals surface area contributed by atoms with Gasteiger partial charge in [-0.25, -0.2) is 4.90 Å². The summed E-state index contributed by atoms with van der Waals surface area (Å²) in [4.78, 5) is 39.7. The minimum atomic E-state index is -0.702. The number of benzene rings is 3. The molecule has 1 heterocycles. The lowest BCUT2D eigenvalue weighted by molar-refractivity contribution is -0.120. The summed E-state index contributed by atoms with van der Waals surface area (Å²) >= 11 is 6.25. The third kappa shape index (κ3) is 5.07. The van der Waals surface area contributed by atoms with Crippen molar-refractivity contribution in [3.8, 4) is 23.0 Å². The van der Waals surface area contributed by atoms with Gasteiger partial charge >= 0.3 is 0 Å². The van der Waals surface area contributed by atoms with Gasteiger partial charge in [-0.15, -0.1) is 0 Å². The van der Waals surface area contributed by atoms with E-state index < -0.39 is 11.8 Å². The van der Waals surface area contributed by atoms with Crippen molar-refractivity contribution < 1.29 is 33.3 Å². The zero-order valence-corrected chi connectivity index (χ0v) is 21.7. The molecule has 0 saturated heterocycles. The molecule has 0 unspecified atom stereocenters. The first-order valence-corrected chi connectivity index (χ1v) is 11.6. The third-order valence-corrected chi connectivity index (χ3v) is 6.08. The van der Waals surface area contributed by atoms with Crippen LogP contribution in [0.15, 0.2) is 71.4 Å². The second kappa shape index (κ2) is 11.1. The summed E-state index contributed by atoms with van der Waals surface area (Å²) in [5.74, 6) is 0.0654. The van der Waals surface area contributed by atoms with Crippen LogP contribution >= 0.6 is 11.6 Å². The van der Waals surface area contributed by atoms with Crippen molar-refractivity contribution >= 4 is 46.4 Å². The Morgan fingerprint density at radius 3 is 1.97 bits per heavy atom. The highest BCUT2D eigenvalue weighted by Crippen LogP contribution is 2.37. The van der Waals surface area contributed by atoms with Crippen molar-refractivity contribution in [1.29, 1.82) is 0 Å². The monoisotopic (exact) mass is 537 g/mol. The fourth-order valence-corrected chi connectivity index (χ4v) is 3.96. The number of anilines is 3. The van der Waals surface area contributed by atoms with Crippen molar-refractivity contribution in [2.24, 2.45) is 0 Å². The van der Waals surface area contributed by atoms with Gasteiger partial charge < -0.3 is 29.6 Å². The molecule has 11 heteroatoms. The summed E-state index contributed by atoms with van der Waals surface area (Å²) in [7, 11) is 5.94. The molecule has 0 aromatic heterocycles. The van der Waals surface area contributed by atoms with Gasteiger partial charge in [0.1, 0.15) is 33.7 Å². The number of imide groups is 1. The van der Waals surface area contributed by atoms with E-state index in [1.807, 2.05) is 0 Å². The molecule has 3 aromatic carbocycles. The number of hydrogen-bond donors (Lipinski definition) is 2. The second-order valence-corrected chi connectivity index (χ2v) is 8.27. The predicted octanol–water partition coefficient (Wildman–Crippen LogP) is 4.41. The lowest BCUT2D eigenvalue weighted by atomic mass is 10.1. The van der Waals surface area contributed by atoms with E-state index in [9.17, 15) is 14.4 Å². The molecule has 1 aliphatic heterocycles. The van der Waals surface area contributed by atoms with Crippen molar-refractivity contribution in [1.82, 2.24) is 0 Å². The highest BCUT2D eigenvalue weighted by molar-refractivity contribution is 6.53. The van der Waals surface area contributed by atoms with Gasteiger partial charge in [-0.1, -0.05) is 11.6 Å². The van der Waals surface area contributed by atoms with E-state index in [-0.39, 0.29) is 28.1 Å². The van der Waals surface area contributed by atoms with E-state index in [1.54, 1.807) is 54.6 Å².